The molecule has 1 amide bonds. The molecule has 2 rings (SSSR count). The van der Waals surface area contributed by atoms with Crippen LogP contribution in [0.25, 0.3) is 0 Å². The third kappa shape index (κ3) is 6.98. The molecule has 0 saturated heterocycles. The Kier molecular flexibility index (Phi) is 8.07. The lowest BCUT2D eigenvalue weighted by molar-refractivity contribution is -0.121. The number of hydrogen-bond acceptors (Lipinski definition) is 3. The summed E-state index contributed by atoms with van der Waals surface area (Å²) >= 11 is 0. The number of aliphatic imine (C=N–C) groups is 1. The first-order chi connectivity index (χ1) is 11.8. The molecule has 1 heterocycles. The van der Waals surface area contributed by atoms with E-state index >= 15 is 0 Å². The second-order valence-corrected chi connectivity index (χ2v) is 6.15. The molecule has 1 aromatic heterocycles. The van der Waals surface area contributed by atoms with Crippen LogP contribution in [0.2, 0.25) is 0 Å². The molecule has 0 spiro atoms. The Hall–Kier alpha value is -2.11. The summed E-state index contributed by atoms with van der Waals surface area (Å²) in [6.45, 7) is 4.62. The maximum Gasteiger partial charge on any atom is 0.220 e. The topological polar surface area (TPSA) is 78.4 Å². The molecular weight excluding hydrogens is 302 g/mol. The van der Waals surface area contributed by atoms with E-state index in [2.05, 4.69) is 25.9 Å². The lowest BCUT2D eigenvalue weighted by Crippen LogP contribution is -2.41. The zero-order chi connectivity index (χ0) is 17.0. The van der Waals surface area contributed by atoms with Crippen molar-refractivity contribution in [3.8, 4) is 0 Å². The van der Waals surface area contributed by atoms with Crippen LogP contribution in [0.4, 0.5) is 0 Å². The van der Waals surface area contributed by atoms with Gasteiger partial charge in [-0.2, -0.15) is 0 Å². The Balaban J connectivity index is 1.66. The molecule has 0 unspecified atom stereocenters. The van der Waals surface area contributed by atoms with Crippen LogP contribution in [-0.2, 0) is 11.3 Å². The van der Waals surface area contributed by atoms with Crippen molar-refractivity contribution in [2.75, 3.05) is 19.6 Å². The van der Waals surface area contributed by atoms with Crippen LogP contribution in [0.5, 0.6) is 0 Å². The number of guanidine groups is 1. The molecule has 132 valence electrons. The molecular formula is C18H29N5O. The predicted octanol–water partition coefficient (Wildman–Crippen LogP) is 1.83. The number of nitrogens with one attached hydrogen (secondary N) is 3. The van der Waals surface area contributed by atoms with Gasteiger partial charge < -0.3 is 16.0 Å². The van der Waals surface area contributed by atoms with E-state index in [1.54, 1.807) is 6.20 Å². The highest BCUT2D eigenvalue weighted by atomic mass is 16.1. The van der Waals surface area contributed by atoms with Gasteiger partial charge in [-0.05, 0) is 37.8 Å². The Morgan fingerprint density at radius 1 is 1.21 bits per heavy atom. The average molecular weight is 331 g/mol. The number of amides is 1. The van der Waals surface area contributed by atoms with Crippen LogP contribution in [-0.4, -0.2) is 36.5 Å². The van der Waals surface area contributed by atoms with E-state index in [9.17, 15) is 4.79 Å². The number of carbonyl (C=O) groups is 1. The standard InChI is InChI=1S/C18H29N5O/c1-2-19-18(23-14-16-9-5-6-10-20-16)22-12-11-21-17(24)13-15-7-3-4-8-15/h5-6,9-10,15H,2-4,7-8,11-14H2,1H3,(H,21,24)(H2,19,22,23). The first kappa shape index (κ1) is 18.2. The van der Waals surface area contributed by atoms with Gasteiger partial charge in [0.05, 0.1) is 12.2 Å². The Morgan fingerprint density at radius 2 is 2.00 bits per heavy atom. The van der Waals surface area contributed by atoms with Gasteiger partial charge >= 0.3 is 0 Å². The fourth-order valence-corrected chi connectivity index (χ4v) is 2.93. The molecule has 24 heavy (non-hydrogen) atoms. The van der Waals surface area contributed by atoms with Gasteiger partial charge in [0.2, 0.25) is 5.91 Å². The van der Waals surface area contributed by atoms with Gasteiger partial charge in [0, 0.05) is 32.3 Å². The van der Waals surface area contributed by atoms with Crippen molar-refractivity contribution < 1.29 is 4.79 Å². The Labute approximate surface area is 144 Å². The van der Waals surface area contributed by atoms with Crippen LogP contribution in [0.15, 0.2) is 29.4 Å². The summed E-state index contributed by atoms with van der Waals surface area (Å²) in [7, 11) is 0. The van der Waals surface area contributed by atoms with Crippen molar-refractivity contribution in [2.45, 2.75) is 45.6 Å². The molecule has 0 aromatic carbocycles. The van der Waals surface area contributed by atoms with E-state index in [-0.39, 0.29) is 5.91 Å². The van der Waals surface area contributed by atoms with Gasteiger partial charge in [-0.15, -0.1) is 0 Å². The van der Waals surface area contributed by atoms with E-state index in [1.165, 1.54) is 25.7 Å². The monoisotopic (exact) mass is 331 g/mol. The van der Waals surface area contributed by atoms with E-state index in [4.69, 9.17) is 0 Å². The summed E-state index contributed by atoms with van der Waals surface area (Å²) in [6.07, 6.45) is 7.41. The second kappa shape index (κ2) is 10.6. The van der Waals surface area contributed by atoms with Crippen LogP contribution in [0, 0.1) is 5.92 Å². The molecule has 6 heteroatoms. The molecule has 1 fully saturated rings. The quantitative estimate of drug-likeness (QED) is 0.386. The number of rotatable bonds is 8. The minimum atomic E-state index is 0.166. The van der Waals surface area contributed by atoms with E-state index in [0.717, 1.165) is 18.2 Å². The highest BCUT2D eigenvalue weighted by molar-refractivity contribution is 5.80. The van der Waals surface area contributed by atoms with Gasteiger partial charge in [0.15, 0.2) is 5.96 Å². The largest absolute Gasteiger partial charge is 0.357 e. The van der Waals surface area contributed by atoms with Crippen molar-refractivity contribution in [2.24, 2.45) is 10.9 Å². The highest BCUT2D eigenvalue weighted by Crippen LogP contribution is 2.27. The summed E-state index contributed by atoms with van der Waals surface area (Å²) in [4.78, 5) is 20.6. The van der Waals surface area contributed by atoms with Crippen molar-refractivity contribution in [1.29, 1.82) is 0 Å². The van der Waals surface area contributed by atoms with E-state index in [1.807, 2.05) is 25.1 Å². The minimum Gasteiger partial charge on any atom is -0.357 e. The van der Waals surface area contributed by atoms with Gasteiger partial charge in [-0.25, -0.2) is 4.99 Å². The van der Waals surface area contributed by atoms with Crippen molar-refractivity contribution >= 4 is 11.9 Å². The van der Waals surface area contributed by atoms with Crippen molar-refractivity contribution in [3.05, 3.63) is 30.1 Å². The van der Waals surface area contributed by atoms with Gasteiger partial charge in [-0.3, -0.25) is 9.78 Å². The van der Waals surface area contributed by atoms with E-state index in [0.29, 0.717) is 32.0 Å². The molecule has 0 bridgehead atoms. The minimum absolute atomic E-state index is 0.166. The van der Waals surface area contributed by atoms with Crippen molar-refractivity contribution in [1.82, 2.24) is 20.9 Å². The lowest BCUT2D eigenvalue weighted by Gasteiger charge is -2.13. The van der Waals surface area contributed by atoms with Gasteiger partial charge in [0.1, 0.15) is 0 Å². The summed E-state index contributed by atoms with van der Waals surface area (Å²) in [5.41, 5.74) is 0.930. The molecule has 1 aliphatic rings. The third-order valence-electron chi connectivity index (χ3n) is 4.16. The molecule has 0 radical (unpaired) electrons. The average Bonchev–Trinajstić information content (AvgIpc) is 3.10. The molecule has 1 aliphatic carbocycles. The van der Waals surface area contributed by atoms with E-state index < -0.39 is 0 Å². The smallest absolute Gasteiger partial charge is 0.220 e. The predicted molar refractivity (Wildman–Crippen MR) is 96.6 cm³/mol. The summed E-state index contributed by atoms with van der Waals surface area (Å²) < 4.78 is 0. The summed E-state index contributed by atoms with van der Waals surface area (Å²) in [5.74, 6) is 1.50. The number of nitrogens with zero attached hydrogens (tertiary/aromatic N) is 2. The molecule has 6 nitrogen and oxygen atoms in total. The fraction of sp³-hybridized carbons (Fsp3) is 0.611. The van der Waals surface area contributed by atoms with Crippen LogP contribution in [0.1, 0.15) is 44.7 Å². The molecule has 0 aliphatic heterocycles. The number of pyridine rings is 1. The van der Waals surface area contributed by atoms with Crippen LogP contribution in [0.3, 0.4) is 0 Å². The molecule has 3 N–H and O–H groups in total. The van der Waals surface area contributed by atoms with Crippen LogP contribution < -0.4 is 16.0 Å². The van der Waals surface area contributed by atoms with Gasteiger partial charge in [0.25, 0.3) is 0 Å². The molecule has 1 saturated carbocycles. The number of hydrogen-bond donors (Lipinski definition) is 3. The maximum absolute atomic E-state index is 11.9. The Bertz CT molecular complexity index is 511. The zero-order valence-electron chi connectivity index (χ0n) is 14.6. The van der Waals surface area contributed by atoms with Gasteiger partial charge in [-0.1, -0.05) is 18.9 Å². The normalized spacial score (nSPS) is 15.3. The Morgan fingerprint density at radius 3 is 2.71 bits per heavy atom. The fourth-order valence-electron chi connectivity index (χ4n) is 2.93. The highest BCUT2D eigenvalue weighted by Gasteiger charge is 2.17. The molecule has 0 atom stereocenters. The second-order valence-electron chi connectivity index (χ2n) is 6.15. The zero-order valence-corrected chi connectivity index (χ0v) is 14.6. The number of aromatic nitrogens is 1. The lowest BCUT2D eigenvalue weighted by atomic mass is 10.0. The molecule has 1 aromatic rings. The first-order valence-corrected chi connectivity index (χ1v) is 8.96. The number of carbonyl (C=O) groups excluding carboxylic acids is 1. The SMILES string of the molecule is CCNC(=NCc1ccccn1)NCCNC(=O)CC1CCCC1. The first-order valence-electron chi connectivity index (χ1n) is 8.96. The van der Waals surface area contributed by atoms with Crippen molar-refractivity contribution in [3.63, 3.8) is 0 Å². The maximum atomic E-state index is 11.9. The summed E-state index contributed by atoms with van der Waals surface area (Å²) in [6, 6.07) is 5.80. The third-order valence-corrected chi connectivity index (χ3v) is 4.16. The summed E-state index contributed by atoms with van der Waals surface area (Å²) in [5, 5.41) is 9.42. The van der Waals surface area contributed by atoms with Crippen LogP contribution >= 0.6 is 0 Å².